The Morgan fingerprint density at radius 1 is 1.47 bits per heavy atom. The second kappa shape index (κ2) is 5.76. The van der Waals surface area contributed by atoms with Crippen LogP contribution in [0.5, 0.6) is 0 Å². The maximum Gasteiger partial charge on any atom is 0.147 e. The molecule has 0 aliphatic carbocycles. The van der Waals surface area contributed by atoms with Gasteiger partial charge in [0.15, 0.2) is 0 Å². The van der Waals surface area contributed by atoms with Crippen molar-refractivity contribution in [1.29, 1.82) is 0 Å². The summed E-state index contributed by atoms with van der Waals surface area (Å²) >= 11 is 5.72. The number of aromatic nitrogens is 2. The van der Waals surface area contributed by atoms with Crippen LogP contribution in [-0.2, 0) is 6.54 Å². The van der Waals surface area contributed by atoms with E-state index in [1.54, 1.807) is 12.4 Å². The lowest BCUT2D eigenvalue weighted by atomic mass is 9.91. The van der Waals surface area contributed by atoms with Crippen LogP contribution in [0.3, 0.4) is 0 Å². The molecular weight excluding hydrogens is 236 g/mol. The first kappa shape index (κ1) is 12.7. The van der Waals surface area contributed by atoms with Crippen LogP contribution in [0.15, 0.2) is 12.4 Å². The van der Waals surface area contributed by atoms with Crippen molar-refractivity contribution in [3.63, 3.8) is 0 Å². The maximum absolute atomic E-state index is 6.09. The molecule has 1 aromatic heterocycles. The van der Waals surface area contributed by atoms with Gasteiger partial charge in [-0.15, -0.1) is 0 Å². The van der Waals surface area contributed by atoms with Gasteiger partial charge in [-0.1, -0.05) is 24.9 Å². The molecule has 0 bridgehead atoms. The molecule has 4 nitrogen and oxygen atoms in total. The third-order valence-electron chi connectivity index (χ3n) is 3.46. The molecule has 1 fully saturated rings. The van der Waals surface area contributed by atoms with Crippen molar-refractivity contribution in [3.8, 4) is 0 Å². The average molecular weight is 255 g/mol. The monoisotopic (exact) mass is 254 g/mol. The van der Waals surface area contributed by atoms with E-state index >= 15 is 0 Å². The van der Waals surface area contributed by atoms with Gasteiger partial charge in [-0.3, -0.25) is 9.88 Å². The predicted molar refractivity (Wildman–Crippen MR) is 68.7 cm³/mol. The Labute approximate surface area is 107 Å². The molecule has 0 aromatic carbocycles. The summed E-state index contributed by atoms with van der Waals surface area (Å²) in [4.78, 5) is 10.7. The van der Waals surface area contributed by atoms with Gasteiger partial charge in [0.25, 0.3) is 0 Å². The van der Waals surface area contributed by atoms with E-state index in [4.69, 9.17) is 17.3 Å². The number of hydrogen-bond acceptors (Lipinski definition) is 4. The minimum absolute atomic E-state index is 0.354. The number of hydrogen-bond donors (Lipinski definition) is 1. The van der Waals surface area contributed by atoms with E-state index in [0.717, 1.165) is 38.2 Å². The first-order valence-corrected chi connectivity index (χ1v) is 6.51. The van der Waals surface area contributed by atoms with Crippen molar-refractivity contribution in [2.75, 3.05) is 13.1 Å². The van der Waals surface area contributed by atoms with Gasteiger partial charge in [-0.2, -0.15) is 0 Å². The maximum atomic E-state index is 6.09. The zero-order valence-electron chi connectivity index (χ0n) is 10.1. The van der Waals surface area contributed by atoms with Gasteiger partial charge in [0.1, 0.15) is 5.15 Å². The minimum Gasteiger partial charge on any atom is -0.327 e. The molecule has 5 heteroatoms. The number of halogens is 1. The molecule has 1 saturated heterocycles. The van der Waals surface area contributed by atoms with Crippen LogP contribution in [0, 0.1) is 5.92 Å². The normalized spacial score (nSPS) is 26.1. The van der Waals surface area contributed by atoms with Crippen molar-refractivity contribution >= 4 is 11.6 Å². The van der Waals surface area contributed by atoms with Gasteiger partial charge in [0, 0.05) is 25.7 Å². The Morgan fingerprint density at radius 2 is 2.29 bits per heavy atom. The Kier molecular flexibility index (Phi) is 4.31. The fourth-order valence-corrected chi connectivity index (χ4v) is 2.45. The quantitative estimate of drug-likeness (QED) is 0.892. The zero-order valence-corrected chi connectivity index (χ0v) is 10.9. The van der Waals surface area contributed by atoms with E-state index in [0.29, 0.717) is 17.1 Å². The first-order valence-electron chi connectivity index (χ1n) is 6.13. The Morgan fingerprint density at radius 3 is 2.94 bits per heavy atom. The summed E-state index contributed by atoms with van der Waals surface area (Å²) in [6.07, 6.45) is 5.56. The lowest BCUT2D eigenvalue weighted by Crippen LogP contribution is -2.46. The Balaban J connectivity index is 1.93. The lowest BCUT2D eigenvalue weighted by molar-refractivity contribution is 0.144. The van der Waals surface area contributed by atoms with E-state index in [9.17, 15) is 0 Å². The highest BCUT2D eigenvalue weighted by molar-refractivity contribution is 6.29. The van der Waals surface area contributed by atoms with Crippen LogP contribution in [-0.4, -0.2) is 34.0 Å². The predicted octanol–water partition coefficient (Wildman–Crippen LogP) is 1.69. The van der Waals surface area contributed by atoms with Crippen molar-refractivity contribution in [3.05, 3.63) is 23.2 Å². The Hall–Kier alpha value is -0.710. The van der Waals surface area contributed by atoms with E-state index in [1.165, 1.54) is 0 Å². The molecule has 0 spiro atoms. The molecule has 2 atom stereocenters. The number of piperidine rings is 1. The largest absolute Gasteiger partial charge is 0.327 e. The highest BCUT2D eigenvalue weighted by Crippen LogP contribution is 2.19. The summed E-state index contributed by atoms with van der Waals surface area (Å²) in [5.74, 6) is 0.601. The third-order valence-corrected chi connectivity index (χ3v) is 3.66. The van der Waals surface area contributed by atoms with Gasteiger partial charge >= 0.3 is 0 Å². The second-order valence-electron chi connectivity index (χ2n) is 4.69. The van der Waals surface area contributed by atoms with E-state index < -0.39 is 0 Å². The molecule has 2 heterocycles. The first-order chi connectivity index (χ1) is 8.19. The summed E-state index contributed by atoms with van der Waals surface area (Å²) in [6, 6.07) is 0.354. The average Bonchev–Trinajstić information content (AvgIpc) is 2.34. The van der Waals surface area contributed by atoms with Crippen molar-refractivity contribution < 1.29 is 0 Å². The number of rotatable bonds is 3. The molecule has 94 valence electrons. The van der Waals surface area contributed by atoms with E-state index in [-0.39, 0.29) is 0 Å². The van der Waals surface area contributed by atoms with E-state index in [2.05, 4.69) is 21.8 Å². The Bertz CT molecular complexity index is 354. The van der Waals surface area contributed by atoms with Crippen LogP contribution >= 0.6 is 11.6 Å². The lowest BCUT2D eigenvalue weighted by Gasteiger charge is -2.36. The topological polar surface area (TPSA) is 55.0 Å². The van der Waals surface area contributed by atoms with E-state index in [1.807, 2.05) is 0 Å². The van der Waals surface area contributed by atoms with Crippen LogP contribution < -0.4 is 5.73 Å². The van der Waals surface area contributed by atoms with Gasteiger partial charge in [-0.25, -0.2) is 4.98 Å². The smallest absolute Gasteiger partial charge is 0.147 e. The highest BCUT2D eigenvalue weighted by atomic mass is 35.5. The molecule has 1 aliphatic heterocycles. The fourth-order valence-electron chi connectivity index (χ4n) is 2.35. The van der Waals surface area contributed by atoms with Gasteiger partial charge in [-0.05, 0) is 12.3 Å². The molecule has 0 saturated carbocycles. The number of likely N-dealkylation sites (tertiary alicyclic amines) is 1. The summed E-state index contributed by atoms with van der Waals surface area (Å²) in [6.45, 7) is 5.15. The molecule has 2 unspecified atom stereocenters. The summed E-state index contributed by atoms with van der Waals surface area (Å²) in [5, 5.41) is 0.445. The number of nitrogens with two attached hydrogens (primary N) is 1. The molecule has 17 heavy (non-hydrogen) atoms. The molecule has 2 N–H and O–H groups in total. The van der Waals surface area contributed by atoms with Crippen molar-refractivity contribution in [2.45, 2.75) is 32.4 Å². The van der Waals surface area contributed by atoms with Crippen LogP contribution in [0.2, 0.25) is 5.15 Å². The van der Waals surface area contributed by atoms with Gasteiger partial charge in [0.05, 0.1) is 18.1 Å². The standard InChI is InChI=1S/C12H19ClN4/c1-2-9-7-17(4-3-11(9)14)8-10-5-16-12(13)6-15-10/h5-6,9,11H,2-4,7-8,14H2,1H3. The molecule has 2 rings (SSSR count). The van der Waals surface area contributed by atoms with Crippen LogP contribution in [0.25, 0.3) is 0 Å². The minimum atomic E-state index is 0.354. The van der Waals surface area contributed by atoms with Crippen LogP contribution in [0.1, 0.15) is 25.5 Å². The zero-order chi connectivity index (χ0) is 12.3. The fraction of sp³-hybridized carbons (Fsp3) is 0.667. The number of nitrogens with zero attached hydrogens (tertiary/aromatic N) is 3. The highest BCUT2D eigenvalue weighted by Gasteiger charge is 2.25. The van der Waals surface area contributed by atoms with Gasteiger partial charge in [0.2, 0.25) is 0 Å². The molecule has 0 radical (unpaired) electrons. The van der Waals surface area contributed by atoms with Crippen molar-refractivity contribution in [2.24, 2.45) is 11.7 Å². The summed E-state index contributed by atoms with van der Waals surface area (Å²) < 4.78 is 0. The second-order valence-corrected chi connectivity index (χ2v) is 5.07. The van der Waals surface area contributed by atoms with Crippen LogP contribution in [0.4, 0.5) is 0 Å². The van der Waals surface area contributed by atoms with Gasteiger partial charge < -0.3 is 5.73 Å². The molecule has 1 aliphatic rings. The molecular formula is C12H19ClN4. The SMILES string of the molecule is CCC1CN(Cc2cnc(Cl)cn2)CCC1N. The molecule has 1 aromatic rings. The third kappa shape index (κ3) is 3.37. The summed E-state index contributed by atoms with van der Waals surface area (Å²) in [7, 11) is 0. The summed E-state index contributed by atoms with van der Waals surface area (Å²) in [5.41, 5.74) is 7.06. The van der Waals surface area contributed by atoms with Crippen molar-refractivity contribution in [1.82, 2.24) is 14.9 Å². The molecule has 0 amide bonds.